The number of benzene rings is 1. The predicted octanol–water partition coefficient (Wildman–Crippen LogP) is 3.41. The van der Waals surface area contributed by atoms with Crippen LogP contribution in [-0.4, -0.2) is 32.5 Å². The molecule has 1 fully saturated rings. The van der Waals surface area contributed by atoms with E-state index in [0.717, 1.165) is 56.4 Å². The van der Waals surface area contributed by atoms with Crippen LogP contribution < -0.4 is 15.5 Å². The van der Waals surface area contributed by atoms with Crippen LogP contribution >= 0.6 is 0 Å². The molecule has 1 aromatic rings. The number of hydrogen-bond donors (Lipinski definition) is 2. The molecular weight excluding hydrogens is 314 g/mol. The standard InChI is InChI=1S/C20H31N3O2/c1-4-5-14-21-19(24)15-6-8-16(9-7-15)20(25)22-17-10-12-18(13-11-17)23(2)3/h10-13,15-16H,4-9,14H2,1-3H3,(H,21,24)(H,22,25). The highest BCUT2D eigenvalue weighted by molar-refractivity contribution is 5.93. The fourth-order valence-corrected chi connectivity index (χ4v) is 3.24. The number of carbonyl (C=O) groups excluding carboxylic acids is 2. The molecule has 25 heavy (non-hydrogen) atoms. The summed E-state index contributed by atoms with van der Waals surface area (Å²) in [6.07, 6.45) is 5.28. The Hall–Kier alpha value is -2.04. The van der Waals surface area contributed by atoms with Crippen molar-refractivity contribution in [1.29, 1.82) is 0 Å². The summed E-state index contributed by atoms with van der Waals surface area (Å²) in [5.74, 6) is 0.308. The molecule has 2 N–H and O–H groups in total. The van der Waals surface area contributed by atoms with E-state index in [0.29, 0.717) is 0 Å². The maximum atomic E-state index is 12.5. The van der Waals surface area contributed by atoms with Crippen LogP contribution in [0.2, 0.25) is 0 Å². The van der Waals surface area contributed by atoms with Gasteiger partial charge in [-0.15, -0.1) is 0 Å². The number of nitrogens with one attached hydrogen (secondary N) is 2. The first kappa shape index (κ1) is 19.3. The van der Waals surface area contributed by atoms with Crippen molar-refractivity contribution in [2.75, 3.05) is 30.9 Å². The lowest BCUT2D eigenvalue weighted by molar-refractivity contribution is -0.128. The summed E-state index contributed by atoms with van der Waals surface area (Å²) in [7, 11) is 3.98. The van der Waals surface area contributed by atoms with Gasteiger partial charge in [0.2, 0.25) is 11.8 Å². The summed E-state index contributed by atoms with van der Waals surface area (Å²) in [5.41, 5.74) is 1.93. The molecule has 5 heteroatoms. The van der Waals surface area contributed by atoms with Crippen molar-refractivity contribution in [2.45, 2.75) is 45.4 Å². The van der Waals surface area contributed by atoms with Gasteiger partial charge in [-0.2, -0.15) is 0 Å². The molecule has 2 rings (SSSR count). The molecule has 0 aliphatic heterocycles. The summed E-state index contributed by atoms with van der Waals surface area (Å²) in [5, 5.41) is 6.01. The topological polar surface area (TPSA) is 61.4 Å². The Morgan fingerprint density at radius 2 is 1.56 bits per heavy atom. The Bertz CT molecular complexity index is 561. The molecule has 138 valence electrons. The number of rotatable bonds is 7. The van der Waals surface area contributed by atoms with E-state index >= 15 is 0 Å². The van der Waals surface area contributed by atoms with Gasteiger partial charge in [0, 0.05) is 43.9 Å². The largest absolute Gasteiger partial charge is 0.378 e. The van der Waals surface area contributed by atoms with Gasteiger partial charge in [-0.05, 0) is 56.4 Å². The fourth-order valence-electron chi connectivity index (χ4n) is 3.24. The van der Waals surface area contributed by atoms with Gasteiger partial charge in [0.1, 0.15) is 0 Å². The van der Waals surface area contributed by atoms with Gasteiger partial charge >= 0.3 is 0 Å². The number of carbonyl (C=O) groups is 2. The first-order valence-corrected chi connectivity index (χ1v) is 9.37. The van der Waals surface area contributed by atoms with E-state index in [1.165, 1.54) is 0 Å². The number of hydrogen-bond acceptors (Lipinski definition) is 3. The van der Waals surface area contributed by atoms with E-state index in [2.05, 4.69) is 17.6 Å². The molecule has 1 aliphatic rings. The van der Waals surface area contributed by atoms with Crippen LogP contribution in [-0.2, 0) is 9.59 Å². The van der Waals surface area contributed by atoms with Crippen LogP contribution in [0.4, 0.5) is 11.4 Å². The Morgan fingerprint density at radius 3 is 2.08 bits per heavy atom. The lowest BCUT2D eigenvalue weighted by atomic mass is 9.81. The predicted molar refractivity (Wildman–Crippen MR) is 103 cm³/mol. The fraction of sp³-hybridized carbons (Fsp3) is 0.600. The van der Waals surface area contributed by atoms with Gasteiger partial charge in [0.15, 0.2) is 0 Å². The van der Waals surface area contributed by atoms with Crippen LogP contribution in [0.1, 0.15) is 45.4 Å². The SMILES string of the molecule is CCCCNC(=O)C1CCC(C(=O)Nc2ccc(N(C)C)cc2)CC1. The maximum Gasteiger partial charge on any atom is 0.227 e. The van der Waals surface area contributed by atoms with E-state index in [9.17, 15) is 9.59 Å². The molecule has 0 saturated heterocycles. The van der Waals surface area contributed by atoms with Crippen molar-refractivity contribution in [3.8, 4) is 0 Å². The molecule has 0 atom stereocenters. The zero-order valence-corrected chi connectivity index (χ0v) is 15.7. The molecule has 0 unspecified atom stereocenters. The number of amides is 2. The molecule has 2 amide bonds. The summed E-state index contributed by atoms with van der Waals surface area (Å²) < 4.78 is 0. The summed E-state index contributed by atoms with van der Waals surface area (Å²) in [6.45, 7) is 2.88. The second kappa shape index (κ2) is 9.44. The van der Waals surface area contributed by atoms with Crippen molar-refractivity contribution < 1.29 is 9.59 Å². The zero-order valence-electron chi connectivity index (χ0n) is 15.7. The van der Waals surface area contributed by atoms with Gasteiger partial charge in [0.05, 0.1) is 0 Å². The second-order valence-electron chi connectivity index (χ2n) is 7.12. The third-order valence-corrected chi connectivity index (χ3v) is 4.95. The van der Waals surface area contributed by atoms with Gasteiger partial charge in [0.25, 0.3) is 0 Å². The first-order valence-electron chi connectivity index (χ1n) is 9.37. The van der Waals surface area contributed by atoms with Gasteiger partial charge in [-0.25, -0.2) is 0 Å². The normalized spacial score (nSPS) is 20.0. The molecule has 0 spiro atoms. The van der Waals surface area contributed by atoms with Gasteiger partial charge < -0.3 is 15.5 Å². The Balaban J connectivity index is 1.78. The maximum absolute atomic E-state index is 12.5. The average molecular weight is 345 g/mol. The van der Waals surface area contributed by atoms with Crippen LogP contribution in [0.25, 0.3) is 0 Å². The molecular formula is C20H31N3O2. The molecule has 5 nitrogen and oxygen atoms in total. The summed E-state index contributed by atoms with van der Waals surface area (Å²) in [4.78, 5) is 26.6. The van der Waals surface area contributed by atoms with E-state index < -0.39 is 0 Å². The quantitative estimate of drug-likeness (QED) is 0.745. The molecule has 0 aromatic heterocycles. The Kier molecular flexibility index (Phi) is 7.29. The third kappa shape index (κ3) is 5.76. The lowest BCUT2D eigenvalue weighted by Crippen LogP contribution is -2.35. The van der Waals surface area contributed by atoms with E-state index in [1.54, 1.807) is 0 Å². The first-order chi connectivity index (χ1) is 12.0. The molecule has 0 radical (unpaired) electrons. The van der Waals surface area contributed by atoms with Crippen LogP contribution in [0.15, 0.2) is 24.3 Å². The highest BCUT2D eigenvalue weighted by atomic mass is 16.2. The number of unbranched alkanes of at least 4 members (excludes halogenated alkanes) is 1. The van der Waals surface area contributed by atoms with Crippen molar-refractivity contribution >= 4 is 23.2 Å². The smallest absolute Gasteiger partial charge is 0.227 e. The Morgan fingerprint density at radius 1 is 1.00 bits per heavy atom. The monoisotopic (exact) mass is 345 g/mol. The van der Waals surface area contributed by atoms with Gasteiger partial charge in [-0.1, -0.05) is 13.3 Å². The summed E-state index contributed by atoms with van der Waals surface area (Å²) in [6, 6.07) is 7.85. The van der Waals surface area contributed by atoms with Crippen LogP contribution in [0, 0.1) is 11.8 Å². The lowest BCUT2D eigenvalue weighted by Gasteiger charge is -2.27. The zero-order chi connectivity index (χ0) is 18.2. The summed E-state index contributed by atoms with van der Waals surface area (Å²) >= 11 is 0. The average Bonchev–Trinajstić information content (AvgIpc) is 2.62. The number of nitrogens with zero attached hydrogens (tertiary/aromatic N) is 1. The van der Waals surface area contributed by atoms with Crippen LogP contribution in [0.3, 0.4) is 0 Å². The second-order valence-corrected chi connectivity index (χ2v) is 7.12. The highest BCUT2D eigenvalue weighted by Gasteiger charge is 2.29. The van der Waals surface area contributed by atoms with Gasteiger partial charge in [-0.3, -0.25) is 9.59 Å². The van der Waals surface area contributed by atoms with Crippen molar-refractivity contribution in [2.24, 2.45) is 11.8 Å². The van der Waals surface area contributed by atoms with Crippen molar-refractivity contribution in [3.63, 3.8) is 0 Å². The highest BCUT2D eigenvalue weighted by Crippen LogP contribution is 2.30. The third-order valence-electron chi connectivity index (χ3n) is 4.95. The molecule has 1 saturated carbocycles. The molecule has 0 bridgehead atoms. The van der Waals surface area contributed by atoms with Crippen LogP contribution in [0.5, 0.6) is 0 Å². The van der Waals surface area contributed by atoms with Crippen molar-refractivity contribution in [3.05, 3.63) is 24.3 Å². The minimum atomic E-state index is 0.00761. The molecule has 1 aliphatic carbocycles. The van der Waals surface area contributed by atoms with E-state index in [4.69, 9.17) is 0 Å². The molecule has 0 heterocycles. The minimum absolute atomic E-state index is 0.00761. The molecule has 1 aromatic carbocycles. The Labute approximate surface area is 151 Å². The van der Waals surface area contributed by atoms with Crippen molar-refractivity contribution in [1.82, 2.24) is 5.32 Å². The van der Waals surface area contributed by atoms with E-state index in [1.807, 2.05) is 43.3 Å². The van der Waals surface area contributed by atoms with E-state index in [-0.39, 0.29) is 23.7 Å². The minimum Gasteiger partial charge on any atom is -0.378 e. The number of anilines is 2.